The number of aryl methyl sites for hydroxylation is 1. The molecule has 4 atom stereocenters. The van der Waals surface area contributed by atoms with Crippen molar-refractivity contribution in [1.82, 2.24) is 35.0 Å². The van der Waals surface area contributed by atoms with E-state index in [1.54, 1.807) is 17.4 Å². The van der Waals surface area contributed by atoms with E-state index in [4.69, 9.17) is 23.7 Å². The van der Waals surface area contributed by atoms with Gasteiger partial charge in [-0.15, -0.1) is 11.3 Å². The lowest BCUT2D eigenvalue weighted by Crippen LogP contribution is -2.54. The van der Waals surface area contributed by atoms with Gasteiger partial charge in [-0.05, 0) is 60.4 Å². The van der Waals surface area contributed by atoms with Crippen LogP contribution in [-0.2, 0) is 62.4 Å². The smallest absolute Gasteiger partial charge is 0.243 e. The second-order valence-electron chi connectivity index (χ2n) is 22.7. The van der Waals surface area contributed by atoms with Crippen LogP contribution in [0, 0.1) is 18.3 Å². The lowest BCUT2D eigenvalue weighted by atomic mass is 9.76. The van der Waals surface area contributed by atoms with Gasteiger partial charge in [-0.25, -0.2) is 15.0 Å². The van der Waals surface area contributed by atoms with Gasteiger partial charge in [0.15, 0.2) is 5.78 Å². The molecule has 4 aromatic rings. The standard InChI is InChI=1S/C61H86N8O12S/c1-43-58(82-42-65-43)46-13-11-44(12-14-46)35-62-59(75)55-33-52(73)40-69(55)60(76)53(61(2,3)4)32-50(71)19-23-78-25-27-80-29-31-81-30-28-79-26-24-77-22-18-49(70)10-7-20-67-37-48(38-67)66-57-34-54(63-41-64-57)56(74)16-15-51(72)39-68-21-17-45-8-5-6-9-47(45)36-68/h5-6,8-9,11-14,34,41-42,48,51-53,55,72-73H,7,10,15-33,35-40H2,1-4H3,(H,62,75)(H,63,64,66)/t51-,52+,53+,55-/m0/s1. The maximum atomic E-state index is 14.0. The van der Waals surface area contributed by atoms with E-state index in [1.807, 2.05) is 63.5 Å². The first-order valence-electron chi connectivity index (χ1n) is 29.1. The third kappa shape index (κ3) is 21.0. The van der Waals surface area contributed by atoms with E-state index in [0.29, 0.717) is 96.8 Å². The second-order valence-corrected chi connectivity index (χ2v) is 23.6. The fourth-order valence-electron chi connectivity index (χ4n) is 10.4. The summed E-state index contributed by atoms with van der Waals surface area (Å²) in [5, 5.41) is 27.6. The Hall–Kier alpha value is -5.46. The first kappa shape index (κ1) is 64.1. The van der Waals surface area contributed by atoms with Crippen LogP contribution in [0.25, 0.3) is 10.4 Å². The average Bonchev–Trinajstić information content (AvgIpc) is 4.14. The van der Waals surface area contributed by atoms with E-state index in [9.17, 15) is 34.2 Å². The number of rotatable bonds is 37. The maximum Gasteiger partial charge on any atom is 0.243 e. The van der Waals surface area contributed by atoms with Gasteiger partial charge in [0, 0.05) is 96.3 Å². The number of fused-ring (bicyclic) bond motifs is 1. The van der Waals surface area contributed by atoms with Crippen LogP contribution in [0.2, 0.25) is 0 Å². The van der Waals surface area contributed by atoms with Crippen molar-refractivity contribution in [2.24, 2.45) is 11.3 Å². The van der Waals surface area contributed by atoms with E-state index in [-0.39, 0.29) is 80.6 Å². The van der Waals surface area contributed by atoms with Gasteiger partial charge in [-0.3, -0.25) is 33.8 Å². The van der Waals surface area contributed by atoms with E-state index in [1.165, 1.54) is 22.4 Å². The molecule has 21 heteroatoms. The minimum absolute atomic E-state index is 0.000166. The van der Waals surface area contributed by atoms with E-state index in [2.05, 4.69) is 53.6 Å². The summed E-state index contributed by atoms with van der Waals surface area (Å²) in [6.45, 7) is 16.2. The van der Waals surface area contributed by atoms with Gasteiger partial charge in [0.2, 0.25) is 11.8 Å². The van der Waals surface area contributed by atoms with Crippen LogP contribution in [0.1, 0.15) is 105 Å². The normalized spacial score (nSPS) is 17.5. The Morgan fingerprint density at radius 3 is 2.06 bits per heavy atom. The SMILES string of the molecule is Cc1ncsc1-c1ccc(CNC(=O)[C@@H]2C[C@@H](O)CN2C(=O)[C@@H](CC(=O)CCOCCOCCOCCOCCOCCC(=O)CCCN2CC(Nc3cc(C(=O)CC[C@H](O)CN4CCc5ccccc5C4)ncn3)C2)C(C)(C)C)cc1. The molecule has 0 unspecified atom stereocenters. The number of Topliss-reactive ketones (excluding diaryl/α,β-unsaturated/α-hetero) is 3. The molecule has 0 aliphatic carbocycles. The molecule has 20 nitrogen and oxygen atoms in total. The topological polar surface area (TPSA) is 244 Å². The van der Waals surface area contributed by atoms with Crippen LogP contribution in [0.5, 0.6) is 0 Å². The summed E-state index contributed by atoms with van der Waals surface area (Å²) in [6.07, 6.45) is 3.43. The Labute approximate surface area is 487 Å². The highest BCUT2D eigenvalue weighted by atomic mass is 32.1. The number of anilines is 1. The summed E-state index contributed by atoms with van der Waals surface area (Å²) >= 11 is 1.58. The van der Waals surface area contributed by atoms with Crippen molar-refractivity contribution < 1.29 is 57.9 Å². The molecule has 0 radical (unpaired) electrons. The third-order valence-electron chi connectivity index (χ3n) is 15.2. The predicted octanol–water partition coefficient (Wildman–Crippen LogP) is 5.50. The number of aromatic nitrogens is 3. The van der Waals surface area contributed by atoms with Crippen molar-refractivity contribution in [2.75, 3.05) is 111 Å². The van der Waals surface area contributed by atoms with Crippen molar-refractivity contribution in [3.05, 3.63) is 94.5 Å². The summed E-state index contributed by atoms with van der Waals surface area (Å²) in [5.74, 6) is -0.793. The van der Waals surface area contributed by atoms with Crippen LogP contribution in [0.4, 0.5) is 5.82 Å². The third-order valence-corrected chi connectivity index (χ3v) is 16.2. The molecule has 7 rings (SSSR count). The van der Waals surface area contributed by atoms with Crippen LogP contribution in [0.15, 0.2) is 66.4 Å². The number of hydrogen-bond donors (Lipinski definition) is 4. The lowest BCUT2D eigenvalue weighted by molar-refractivity contribution is -0.146. The molecule has 0 bridgehead atoms. The van der Waals surface area contributed by atoms with Crippen molar-refractivity contribution in [2.45, 2.75) is 123 Å². The summed E-state index contributed by atoms with van der Waals surface area (Å²) < 4.78 is 28.0. The molecule has 0 spiro atoms. The molecule has 3 aliphatic heterocycles. The Kier molecular flexibility index (Phi) is 25.9. The zero-order valence-corrected chi connectivity index (χ0v) is 49.2. The fraction of sp³-hybridized carbons (Fsp3) is 0.607. The maximum absolute atomic E-state index is 14.0. The number of carbonyl (C=O) groups excluding carboxylic acids is 5. The van der Waals surface area contributed by atoms with E-state index in [0.717, 1.165) is 67.3 Å². The van der Waals surface area contributed by atoms with Crippen molar-refractivity contribution in [3.8, 4) is 10.4 Å². The quantitative estimate of drug-likeness (QED) is 0.0322. The summed E-state index contributed by atoms with van der Waals surface area (Å²) in [4.78, 5) is 85.9. The Balaban J connectivity index is 0.629. The number of aliphatic hydroxyl groups is 2. The van der Waals surface area contributed by atoms with Gasteiger partial charge >= 0.3 is 0 Å². The minimum atomic E-state index is -0.840. The van der Waals surface area contributed by atoms with Crippen LogP contribution < -0.4 is 10.6 Å². The zero-order valence-electron chi connectivity index (χ0n) is 48.4. The molecule has 2 saturated heterocycles. The molecule has 2 amide bonds. The number of ether oxygens (including phenoxy) is 5. The Morgan fingerprint density at radius 2 is 1.41 bits per heavy atom. The largest absolute Gasteiger partial charge is 0.392 e. The molecular weight excluding hydrogens is 1070 g/mol. The number of hydrogen-bond acceptors (Lipinski definition) is 19. The number of nitrogens with zero attached hydrogens (tertiary/aromatic N) is 6. The molecule has 448 valence electrons. The Morgan fingerprint density at radius 1 is 0.768 bits per heavy atom. The van der Waals surface area contributed by atoms with Crippen molar-refractivity contribution >= 4 is 46.3 Å². The van der Waals surface area contributed by atoms with Gasteiger partial charge in [0.1, 0.15) is 35.4 Å². The van der Waals surface area contributed by atoms with Crippen molar-refractivity contribution in [3.63, 3.8) is 0 Å². The lowest BCUT2D eigenvalue weighted by Gasteiger charge is -2.39. The van der Waals surface area contributed by atoms with Gasteiger partial charge < -0.3 is 49.4 Å². The number of benzene rings is 2. The van der Waals surface area contributed by atoms with Gasteiger partial charge in [0.05, 0.1) is 100 Å². The molecular formula is C61H86N8O12S. The molecule has 4 N–H and O–H groups in total. The number of aliphatic hydroxyl groups excluding tert-OH is 2. The molecule has 2 aromatic heterocycles. The molecule has 2 aromatic carbocycles. The highest BCUT2D eigenvalue weighted by Gasteiger charge is 2.44. The minimum Gasteiger partial charge on any atom is -0.392 e. The predicted molar refractivity (Wildman–Crippen MR) is 311 cm³/mol. The van der Waals surface area contributed by atoms with Crippen LogP contribution in [-0.4, -0.2) is 199 Å². The van der Waals surface area contributed by atoms with Gasteiger partial charge in [0.25, 0.3) is 0 Å². The average molecular weight is 1160 g/mol. The van der Waals surface area contributed by atoms with Crippen molar-refractivity contribution in [1.29, 1.82) is 0 Å². The number of amides is 2. The van der Waals surface area contributed by atoms with Crippen LogP contribution >= 0.6 is 11.3 Å². The summed E-state index contributed by atoms with van der Waals surface area (Å²) in [5.41, 5.74) is 7.19. The number of thiazole rings is 1. The second kappa shape index (κ2) is 33.1. The zero-order chi connectivity index (χ0) is 58.3. The molecule has 5 heterocycles. The first-order chi connectivity index (χ1) is 39.6. The monoisotopic (exact) mass is 1150 g/mol. The highest BCUT2D eigenvalue weighted by Crippen LogP contribution is 2.34. The molecule has 82 heavy (non-hydrogen) atoms. The summed E-state index contributed by atoms with van der Waals surface area (Å²) in [7, 11) is 0. The van der Waals surface area contributed by atoms with Crippen LogP contribution in [0.3, 0.4) is 0 Å². The fourth-order valence-corrected chi connectivity index (χ4v) is 11.2. The summed E-state index contributed by atoms with van der Waals surface area (Å²) in [6, 6.07) is 17.4. The number of β-amino-alcohol motifs (C(OH)–C–C–N with tert-alkyl or cyclic N) is 2. The van der Waals surface area contributed by atoms with Gasteiger partial charge in [-0.2, -0.15) is 0 Å². The van der Waals surface area contributed by atoms with E-state index < -0.39 is 29.6 Å². The molecule has 2 fully saturated rings. The van der Waals surface area contributed by atoms with E-state index >= 15 is 0 Å². The number of carbonyl (C=O) groups is 5. The van der Waals surface area contributed by atoms with Gasteiger partial charge in [-0.1, -0.05) is 69.3 Å². The first-order valence-corrected chi connectivity index (χ1v) is 30.0. The molecule has 0 saturated carbocycles. The number of nitrogens with one attached hydrogen (secondary N) is 2. The molecule has 3 aliphatic rings. The highest BCUT2D eigenvalue weighted by molar-refractivity contribution is 7.13. The number of ketones is 3. The number of likely N-dealkylation sites (tertiary alicyclic amines) is 2. The Bertz CT molecular complexity index is 2650.